The molecular weight excluding hydrogens is 372 g/mol. The van der Waals surface area contributed by atoms with Crippen LogP contribution in [0.25, 0.3) is 0 Å². The topological polar surface area (TPSA) is 47.9 Å². The average Bonchev–Trinajstić information content (AvgIpc) is 2.55. The van der Waals surface area contributed by atoms with Crippen LogP contribution in [0, 0.1) is 0 Å². The van der Waals surface area contributed by atoms with Crippen LogP contribution in [-0.2, 0) is 13.7 Å². The lowest BCUT2D eigenvalue weighted by Gasteiger charge is -2.47. The lowest BCUT2D eigenvalue weighted by Crippen LogP contribution is -2.59. The maximum absolute atomic E-state index is 10.3. The first kappa shape index (κ1) is 27.3. The SMILES string of the molecule is CCCCC(O[Si](C)(C)C)C(CCCC)(OO)C(CCCC)O[Si](C)(C)C. The predicted octanol–water partition coefficient (Wildman–Crippen LogP) is 7.23. The van der Waals surface area contributed by atoms with E-state index in [9.17, 15) is 5.26 Å². The molecule has 0 aliphatic heterocycles. The van der Waals surface area contributed by atoms with E-state index < -0.39 is 22.2 Å². The van der Waals surface area contributed by atoms with E-state index >= 15 is 0 Å². The molecule has 0 heterocycles. The van der Waals surface area contributed by atoms with Crippen molar-refractivity contribution in [2.24, 2.45) is 0 Å². The number of hydrogen-bond donors (Lipinski definition) is 1. The summed E-state index contributed by atoms with van der Waals surface area (Å²) in [5.41, 5.74) is -0.777. The highest BCUT2D eigenvalue weighted by Crippen LogP contribution is 2.38. The second-order valence-electron chi connectivity index (χ2n) is 9.87. The van der Waals surface area contributed by atoms with Gasteiger partial charge in [-0.05, 0) is 58.5 Å². The molecule has 0 bridgehead atoms. The molecular formula is C21H48O4Si2. The molecule has 0 spiro atoms. The molecule has 0 fully saturated rings. The Bertz CT molecular complexity index is 349. The molecule has 0 radical (unpaired) electrons. The first-order valence-electron chi connectivity index (χ1n) is 11.1. The molecule has 0 aromatic rings. The van der Waals surface area contributed by atoms with Crippen molar-refractivity contribution in [1.29, 1.82) is 0 Å². The third-order valence-corrected chi connectivity index (χ3v) is 6.80. The van der Waals surface area contributed by atoms with Gasteiger partial charge in [0.15, 0.2) is 22.2 Å². The van der Waals surface area contributed by atoms with Gasteiger partial charge in [0.05, 0.1) is 12.2 Å². The molecule has 164 valence electrons. The first-order chi connectivity index (χ1) is 12.5. The smallest absolute Gasteiger partial charge is 0.184 e. The Hall–Kier alpha value is 0.274. The van der Waals surface area contributed by atoms with Gasteiger partial charge in [-0.15, -0.1) is 0 Å². The molecule has 6 heteroatoms. The highest BCUT2D eigenvalue weighted by molar-refractivity contribution is 6.70. The summed E-state index contributed by atoms with van der Waals surface area (Å²) in [7, 11) is -3.61. The molecule has 0 saturated heterocycles. The Labute approximate surface area is 171 Å². The predicted molar refractivity (Wildman–Crippen MR) is 121 cm³/mol. The first-order valence-corrected chi connectivity index (χ1v) is 18.0. The molecule has 2 atom stereocenters. The van der Waals surface area contributed by atoms with Crippen LogP contribution in [0.2, 0.25) is 39.3 Å². The molecule has 27 heavy (non-hydrogen) atoms. The quantitative estimate of drug-likeness (QED) is 0.162. The summed E-state index contributed by atoms with van der Waals surface area (Å²) >= 11 is 0. The second kappa shape index (κ2) is 12.8. The Kier molecular flexibility index (Phi) is 12.9. The van der Waals surface area contributed by atoms with Gasteiger partial charge in [0.1, 0.15) is 0 Å². The maximum Gasteiger partial charge on any atom is 0.184 e. The zero-order valence-electron chi connectivity index (χ0n) is 19.7. The van der Waals surface area contributed by atoms with Crippen LogP contribution >= 0.6 is 0 Å². The third kappa shape index (κ3) is 10.6. The summed E-state index contributed by atoms with van der Waals surface area (Å²) in [4.78, 5) is 5.44. The Balaban J connectivity index is 6.05. The van der Waals surface area contributed by atoms with Crippen LogP contribution in [0.1, 0.15) is 78.6 Å². The van der Waals surface area contributed by atoms with Crippen LogP contribution < -0.4 is 0 Å². The van der Waals surface area contributed by atoms with E-state index in [1.807, 2.05) is 0 Å². The van der Waals surface area contributed by atoms with Crippen molar-refractivity contribution in [3.63, 3.8) is 0 Å². The van der Waals surface area contributed by atoms with Gasteiger partial charge in [-0.1, -0.05) is 59.3 Å². The zero-order chi connectivity index (χ0) is 21.1. The van der Waals surface area contributed by atoms with E-state index in [2.05, 4.69) is 60.1 Å². The van der Waals surface area contributed by atoms with Crippen molar-refractivity contribution in [2.45, 2.75) is 136 Å². The van der Waals surface area contributed by atoms with Gasteiger partial charge in [-0.3, -0.25) is 5.26 Å². The number of rotatable bonds is 16. The van der Waals surface area contributed by atoms with E-state index in [0.717, 1.165) is 57.8 Å². The highest BCUT2D eigenvalue weighted by Gasteiger charge is 2.50. The molecule has 0 aromatic heterocycles. The van der Waals surface area contributed by atoms with Crippen molar-refractivity contribution in [3.05, 3.63) is 0 Å². The molecule has 0 aliphatic rings. The Morgan fingerprint density at radius 2 is 1.07 bits per heavy atom. The summed E-state index contributed by atoms with van der Waals surface area (Å²) in [6.07, 6.45) is 8.74. The number of hydrogen-bond acceptors (Lipinski definition) is 4. The molecule has 4 nitrogen and oxygen atoms in total. The second-order valence-corrected chi connectivity index (χ2v) is 18.8. The fourth-order valence-electron chi connectivity index (χ4n) is 3.58. The molecule has 0 aliphatic carbocycles. The van der Waals surface area contributed by atoms with Gasteiger partial charge in [0.2, 0.25) is 0 Å². The summed E-state index contributed by atoms with van der Waals surface area (Å²) in [5.74, 6) is 0. The van der Waals surface area contributed by atoms with E-state index in [1.54, 1.807) is 0 Å². The van der Waals surface area contributed by atoms with Crippen molar-refractivity contribution in [1.82, 2.24) is 0 Å². The van der Waals surface area contributed by atoms with E-state index in [-0.39, 0.29) is 12.2 Å². The third-order valence-electron chi connectivity index (χ3n) is 4.81. The van der Waals surface area contributed by atoms with Crippen molar-refractivity contribution in [2.75, 3.05) is 0 Å². The largest absolute Gasteiger partial charge is 0.412 e. The fourth-order valence-corrected chi connectivity index (χ4v) is 5.93. The van der Waals surface area contributed by atoms with Gasteiger partial charge in [-0.25, -0.2) is 4.89 Å². The molecule has 0 saturated carbocycles. The normalized spacial score (nSPS) is 17.6. The van der Waals surface area contributed by atoms with Crippen LogP contribution in [0.4, 0.5) is 0 Å². The van der Waals surface area contributed by atoms with Crippen molar-refractivity contribution < 1.29 is 19.0 Å². The Morgan fingerprint density at radius 3 is 1.33 bits per heavy atom. The summed E-state index contributed by atoms with van der Waals surface area (Å²) in [6, 6.07) is 0. The lowest BCUT2D eigenvalue weighted by atomic mass is 9.81. The van der Waals surface area contributed by atoms with Gasteiger partial charge in [0.25, 0.3) is 0 Å². The van der Waals surface area contributed by atoms with Crippen LogP contribution in [0.15, 0.2) is 0 Å². The lowest BCUT2D eigenvalue weighted by molar-refractivity contribution is -0.365. The zero-order valence-corrected chi connectivity index (χ0v) is 21.7. The van der Waals surface area contributed by atoms with Gasteiger partial charge in [0, 0.05) is 0 Å². The van der Waals surface area contributed by atoms with E-state index in [1.165, 1.54) is 0 Å². The standard InChI is InChI=1S/C21H48O4Si2/c1-10-13-16-19(23-26(4,5)6)21(25-22,18-15-12-3)20(17-14-11-2)24-27(7,8)9/h19-20,22H,10-18H2,1-9H3. The highest BCUT2D eigenvalue weighted by atomic mass is 28.4. The molecule has 0 amide bonds. The average molecular weight is 421 g/mol. The van der Waals surface area contributed by atoms with Crippen LogP contribution in [0.5, 0.6) is 0 Å². The van der Waals surface area contributed by atoms with Gasteiger partial charge < -0.3 is 8.85 Å². The van der Waals surface area contributed by atoms with Gasteiger partial charge in [-0.2, -0.15) is 0 Å². The van der Waals surface area contributed by atoms with E-state index in [0.29, 0.717) is 0 Å². The monoisotopic (exact) mass is 420 g/mol. The van der Waals surface area contributed by atoms with Crippen LogP contribution in [-0.4, -0.2) is 39.7 Å². The summed E-state index contributed by atoms with van der Waals surface area (Å²) < 4.78 is 13.3. The van der Waals surface area contributed by atoms with Gasteiger partial charge >= 0.3 is 0 Å². The minimum atomic E-state index is -1.81. The summed E-state index contributed by atoms with van der Waals surface area (Å²) in [5, 5.41) is 10.3. The summed E-state index contributed by atoms with van der Waals surface area (Å²) in [6.45, 7) is 19.9. The maximum atomic E-state index is 10.3. The number of unbranched alkanes of at least 4 members (excludes halogenated alkanes) is 3. The minimum Gasteiger partial charge on any atom is -0.412 e. The Morgan fingerprint density at radius 1 is 0.704 bits per heavy atom. The minimum absolute atomic E-state index is 0.126. The van der Waals surface area contributed by atoms with Crippen molar-refractivity contribution in [3.8, 4) is 0 Å². The van der Waals surface area contributed by atoms with E-state index in [4.69, 9.17) is 13.7 Å². The molecule has 1 N–H and O–H groups in total. The fraction of sp³-hybridized carbons (Fsp3) is 1.00. The molecule has 2 unspecified atom stereocenters. The van der Waals surface area contributed by atoms with Crippen LogP contribution in [0.3, 0.4) is 0 Å². The molecule has 0 rings (SSSR count). The van der Waals surface area contributed by atoms with Crippen molar-refractivity contribution >= 4 is 16.6 Å². The molecule has 0 aromatic carbocycles.